The summed E-state index contributed by atoms with van der Waals surface area (Å²) in [4.78, 5) is 12.7. The smallest absolute Gasteiger partial charge is 0.397 e. The number of hydrogen-bond acceptors (Lipinski definition) is 11. The molecule has 0 spiro atoms. The van der Waals surface area contributed by atoms with E-state index >= 15 is 0 Å². The molecule has 0 bridgehead atoms. The minimum absolute atomic E-state index is 0.0362. The second-order valence-corrected chi connectivity index (χ2v) is 15.6. The van der Waals surface area contributed by atoms with Gasteiger partial charge in [0.2, 0.25) is 0 Å². The van der Waals surface area contributed by atoms with Gasteiger partial charge >= 0.3 is 16.4 Å². The van der Waals surface area contributed by atoms with Crippen LogP contribution in [0.1, 0.15) is 168 Å². The summed E-state index contributed by atoms with van der Waals surface area (Å²) in [6, 6.07) is 0. The van der Waals surface area contributed by atoms with Gasteiger partial charge in [0, 0.05) is 13.0 Å². The van der Waals surface area contributed by atoms with Crippen molar-refractivity contribution < 1.29 is 56.2 Å². The molecule has 0 saturated carbocycles. The number of aliphatic hydroxyl groups excluding tert-OH is 3. The zero-order valence-corrected chi connectivity index (χ0v) is 34.4. The topological polar surface area (TPSA) is 178 Å². The van der Waals surface area contributed by atoms with Crippen LogP contribution in [0, 0.1) is 0 Å². The van der Waals surface area contributed by atoms with Crippen LogP contribution in [0.2, 0.25) is 0 Å². The Labute approximate surface area is 327 Å². The van der Waals surface area contributed by atoms with Crippen LogP contribution >= 0.6 is 0 Å². The Morgan fingerprint density at radius 3 is 1.80 bits per heavy atom. The molecule has 1 aliphatic heterocycles. The Hall–Kier alpha value is -1.42. The summed E-state index contributed by atoms with van der Waals surface area (Å²) in [7, 11) is -5.05. The summed E-state index contributed by atoms with van der Waals surface area (Å²) in [6.45, 7) is 3.90. The predicted molar refractivity (Wildman–Crippen MR) is 211 cm³/mol. The molecule has 0 aromatic carbocycles. The molecule has 6 atom stereocenters. The first kappa shape index (κ1) is 50.6. The summed E-state index contributed by atoms with van der Waals surface area (Å²) in [5.41, 5.74) is 0. The third-order valence-electron chi connectivity index (χ3n) is 9.58. The Kier molecular flexibility index (Phi) is 31.6. The number of carbonyl (C=O) groups excluding carboxylic acids is 1. The molecule has 0 radical (unpaired) electrons. The highest BCUT2D eigenvalue weighted by atomic mass is 32.3. The number of carbonyl (C=O) groups is 1. The van der Waals surface area contributed by atoms with E-state index in [1.54, 1.807) is 0 Å². The van der Waals surface area contributed by atoms with Crippen molar-refractivity contribution in [1.82, 2.24) is 0 Å². The molecule has 1 saturated heterocycles. The number of ether oxygens (including phenoxy) is 4. The zero-order chi connectivity index (χ0) is 39.7. The van der Waals surface area contributed by atoms with Crippen molar-refractivity contribution in [3.63, 3.8) is 0 Å². The maximum atomic E-state index is 12.7. The molecule has 1 heterocycles. The Morgan fingerprint density at radius 1 is 0.704 bits per heavy atom. The normalized spacial score (nSPS) is 21.3. The van der Waals surface area contributed by atoms with Crippen LogP contribution in [0.4, 0.5) is 0 Å². The molecular formula is C41H76O12S. The van der Waals surface area contributed by atoms with E-state index in [1.807, 2.05) is 0 Å². The minimum Gasteiger partial charge on any atom is -0.457 e. The van der Waals surface area contributed by atoms with E-state index in [1.165, 1.54) is 96.3 Å². The SMILES string of the molecule is CCCCC/C=C\C/C=C\CCCCCCCCCCCCOCC(COC1OC(CO)C(O)C(OS(=O)(=O)O)C1O)OC(=O)CCCCCCCCC. The number of esters is 1. The van der Waals surface area contributed by atoms with Crippen LogP contribution in [0.15, 0.2) is 24.3 Å². The first-order valence-corrected chi connectivity index (χ1v) is 22.5. The largest absolute Gasteiger partial charge is 0.457 e. The molecule has 318 valence electrons. The van der Waals surface area contributed by atoms with Crippen molar-refractivity contribution in [3.05, 3.63) is 24.3 Å². The van der Waals surface area contributed by atoms with Gasteiger partial charge in [0.25, 0.3) is 0 Å². The van der Waals surface area contributed by atoms with E-state index < -0.39 is 59.8 Å². The molecule has 13 heteroatoms. The number of aliphatic hydroxyl groups is 3. The highest BCUT2D eigenvalue weighted by molar-refractivity contribution is 7.80. The van der Waals surface area contributed by atoms with E-state index in [0.717, 1.165) is 44.9 Å². The Bertz CT molecular complexity index is 1050. The fourth-order valence-corrected chi connectivity index (χ4v) is 6.86. The van der Waals surface area contributed by atoms with Gasteiger partial charge in [-0.15, -0.1) is 0 Å². The molecule has 4 N–H and O–H groups in total. The van der Waals surface area contributed by atoms with Crippen molar-refractivity contribution in [3.8, 4) is 0 Å². The average Bonchev–Trinajstić information content (AvgIpc) is 3.14. The van der Waals surface area contributed by atoms with Gasteiger partial charge in [-0.2, -0.15) is 8.42 Å². The lowest BCUT2D eigenvalue weighted by Crippen LogP contribution is -2.60. The Morgan fingerprint density at radius 2 is 1.22 bits per heavy atom. The van der Waals surface area contributed by atoms with Crippen molar-refractivity contribution in [2.45, 2.75) is 205 Å². The van der Waals surface area contributed by atoms with Crippen LogP contribution in [-0.2, 0) is 38.3 Å². The summed E-state index contributed by atoms with van der Waals surface area (Å²) in [5.74, 6) is -0.407. The monoisotopic (exact) mass is 793 g/mol. The van der Waals surface area contributed by atoms with Crippen LogP contribution < -0.4 is 0 Å². The van der Waals surface area contributed by atoms with Crippen molar-refractivity contribution in [1.29, 1.82) is 0 Å². The first-order chi connectivity index (χ1) is 26.1. The van der Waals surface area contributed by atoms with Gasteiger partial charge in [-0.1, -0.05) is 141 Å². The molecule has 1 rings (SSSR count). The number of hydrogen-bond donors (Lipinski definition) is 4. The molecule has 0 aromatic heterocycles. The van der Waals surface area contributed by atoms with Gasteiger partial charge in [0.1, 0.15) is 30.5 Å². The third kappa shape index (κ3) is 27.2. The lowest BCUT2D eigenvalue weighted by molar-refractivity contribution is -0.301. The van der Waals surface area contributed by atoms with Crippen molar-refractivity contribution >= 4 is 16.4 Å². The second kappa shape index (κ2) is 33.7. The minimum atomic E-state index is -5.05. The fourth-order valence-electron chi connectivity index (χ4n) is 6.35. The van der Waals surface area contributed by atoms with E-state index in [0.29, 0.717) is 13.0 Å². The van der Waals surface area contributed by atoms with Gasteiger partial charge in [-0.25, -0.2) is 4.18 Å². The second-order valence-electron chi connectivity index (χ2n) is 14.6. The maximum absolute atomic E-state index is 12.7. The lowest BCUT2D eigenvalue weighted by atomic mass is 9.99. The standard InChI is InChI=1S/C41H76O12S/c1-3-5-7-9-11-12-13-14-15-16-17-18-19-20-21-22-23-25-27-29-31-49-33-35(51-37(43)30-28-26-24-10-8-6-4-2)34-50-41-39(45)40(53-54(46,47)48)38(44)36(32-42)52-41/h11-12,14-15,35-36,38-42,44-45H,3-10,13,16-34H2,1-2H3,(H,46,47,48)/b12-11-,15-14-. The van der Waals surface area contributed by atoms with Gasteiger partial charge in [0.05, 0.1) is 19.8 Å². The van der Waals surface area contributed by atoms with E-state index in [-0.39, 0.29) is 19.6 Å². The lowest BCUT2D eigenvalue weighted by Gasteiger charge is -2.41. The molecule has 0 aliphatic carbocycles. The molecule has 0 amide bonds. The highest BCUT2D eigenvalue weighted by Gasteiger charge is 2.48. The molecule has 1 aliphatic rings. The van der Waals surface area contributed by atoms with Crippen LogP contribution in [0.5, 0.6) is 0 Å². The van der Waals surface area contributed by atoms with Gasteiger partial charge in [0.15, 0.2) is 6.29 Å². The van der Waals surface area contributed by atoms with Crippen LogP contribution in [0.25, 0.3) is 0 Å². The van der Waals surface area contributed by atoms with Crippen LogP contribution in [-0.4, -0.2) is 97.5 Å². The fraction of sp³-hybridized carbons (Fsp3) is 0.878. The van der Waals surface area contributed by atoms with E-state index in [2.05, 4.69) is 42.3 Å². The summed E-state index contributed by atoms with van der Waals surface area (Å²) >= 11 is 0. The molecule has 12 nitrogen and oxygen atoms in total. The number of rotatable bonds is 36. The zero-order valence-electron chi connectivity index (χ0n) is 33.5. The van der Waals surface area contributed by atoms with Crippen molar-refractivity contribution in [2.24, 2.45) is 0 Å². The molecular weight excluding hydrogens is 717 g/mol. The summed E-state index contributed by atoms with van der Waals surface area (Å²) in [5, 5.41) is 30.5. The number of allylic oxidation sites excluding steroid dienone is 4. The third-order valence-corrected chi connectivity index (χ3v) is 10.0. The molecule has 0 aromatic rings. The predicted octanol–water partition coefficient (Wildman–Crippen LogP) is 8.07. The highest BCUT2D eigenvalue weighted by Crippen LogP contribution is 2.26. The summed E-state index contributed by atoms with van der Waals surface area (Å²) in [6.07, 6.45) is 26.7. The quantitative estimate of drug-likeness (QED) is 0.0208. The number of unbranched alkanes of at least 4 members (excludes halogenated alkanes) is 19. The van der Waals surface area contributed by atoms with E-state index in [9.17, 15) is 28.5 Å². The average molecular weight is 793 g/mol. The van der Waals surface area contributed by atoms with Gasteiger partial charge < -0.3 is 34.3 Å². The van der Waals surface area contributed by atoms with E-state index in [4.69, 9.17) is 23.5 Å². The maximum Gasteiger partial charge on any atom is 0.397 e. The van der Waals surface area contributed by atoms with Crippen LogP contribution in [0.3, 0.4) is 0 Å². The van der Waals surface area contributed by atoms with Crippen molar-refractivity contribution in [2.75, 3.05) is 26.4 Å². The molecule has 6 unspecified atom stereocenters. The van der Waals surface area contributed by atoms with Gasteiger partial charge in [-0.3, -0.25) is 9.35 Å². The molecule has 1 fully saturated rings. The van der Waals surface area contributed by atoms with Gasteiger partial charge in [-0.05, 0) is 44.9 Å². The Balaban J connectivity index is 2.35. The molecule has 54 heavy (non-hydrogen) atoms. The first-order valence-electron chi connectivity index (χ1n) is 21.1. The summed E-state index contributed by atoms with van der Waals surface area (Å²) < 4.78 is 58.7.